The molecular weight excluding hydrogens is 492 g/mol. The van der Waals surface area contributed by atoms with E-state index in [1.54, 1.807) is 40.1 Å². The fourth-order valence-corrected chi connectivity index (χ4v) is 4.68. The van der Waals surface area contributed by atoms with Crippen LogP contribution in [0.3, 0.4) is 0 Å². The van der Waals surface area contributed by atoms with Gasteiger partial charge in [0.2, 0.25) is 5.91 Å². The minimum atomic E-state index is -0.773. The van der Waals surface area contributed by atoms with E-state index in [0.29, 0.717) is 65.0 Å². The zero-order valence-electron chi connectivity index (χ0n) is 21.4. The van der Waals surface area contributed by atoms with Gasteiger partial charge in [-0.15, -0.1) is 0 Å². The standard InChI is InChI=1S/C27H30N4O5S/c1-5-10-22(32)30-19-13-9-8-12-18(19)24-25(34)28-27(37-4)29-31(24)26(30)17-14-15-20(21(16-17)35-7-3)36-23(33)11-6-2/h8-9,12-16,26H,5-7,10-11H2,1-4H3. The summed E-state index contributed by atoms with van der Waals surface area (Å²) in [5, 5.41) is 18.2. The summed E-state index contributed by atoms with van der Waals surface area (Å²) >= 11 is 1.25. The Morgan fingerprint density at radius 2 is 1.84 bits per heavy atom. The van der Waals surface area contributed by atoms with E-state index >= 15 is 0 Å². The maximum absolute atomic E-state index is 13.6. The second kappa shape index (κ2) is 11.6. The first kappa shape index (κ1) is 26.4. The second-order valence-electron chi connectivity index (χ2n) is 8.46. The molecule has 9 nitrogen and oxygen atoms in total. The number of hydrogen-bond acceptors (Lipinski definition) is 8. The number of anilines is 1. The minimum Gasteiger partial charge on any atom is -0.854 e. The molecule has 1 aromatic heterocycles. The van der Waals surface area contributed by atoms with Crippen molar-refractivity contribution in [1.82, 2.24) is 10.1 Å². The van der Waals surface area contributed by atoms with E-state index < -0.39 is 12.0 Å². The number of nitrogens with zero attached hydrogens (tertiary/aromatic N) is 4. The number of benzene rings is 2. The van der Waals surface area contributed by atoms with Crippen molar-refractivity contribution in [2.75, 3.05) is 17.8 Å². The first-order valence-corrected chi connectivity index (χ1v) is 13.6. The highest BCUT2D eigenvalue weighted by Crippen LogP contribution is 2.42. The van der Waals surface area contributed by atoms with Gasteiger partial charge in [-0.3, -0.25) is 9.59 Å². The molecule has 0 bridgehead atoms. The Bertz CT molecular complexity index is 1320. The van der Waals surface area contributed by atoms with E-state index in [2.05, 4.69) is 10.1 Å². The largest absolute Gasteiger partial charge is 0.854 e. The van der Waals surface area contributed by atoms with Gasteiger partial charge in [-0.05, 0) is 56.4 Å². The highest BCUT2D eigenvalue weighted by atomic mass is 32.2. The summed E-state index contributed by atoms with van der Waals surface area (Å²) in [5.74, 6) is -0.208. The summed E-state index contributed by atoms with van der Waals surface area (Å²) in [6, 6.07) is 12.4. The fraction of sp³-hybridized carbons (Fsp3) is 0.370. The Labute approximate surface area is 220 Å². The van der Waals surface area contributed by atoms with Gasteiger partial charge in [0.1, 0.15) is 0 Å². The van der Waals surface area contributed by atoms with Gasteiger partial charge in [0.15, 0.2) is 11.5 Å². The quantitative estimate of drug-likeness (QED) is 0.179. The maximum atomic E-state index is 13.6. The molecule has 1 aliphatic rings. The predicted molar refractivity (Wildman–Crippen MR) is 138 cm³/mol. The summed E-state index contributed by atoms with van der Waals surface area (Å²) < 4.78 is 12.9. The Hall–Kier alpha value is -3.66. The monoisotopic (exact) mass is 522 g/mol. The number of carbonyl (C=O) groups is 2. The smallest absolute Gasteiger partial charge is 0.311 e. The van der Waals surface area contributed by atoms with Gasteiger partial charge in [0.25, 0.3) is 17.0 Å². The van der Waals surface area contributed by atoms with Crippen molar-refractivity contribution in [3.05, 3.63) is 48.0 Å². The van der Waals surface area contributed by atoms with E-state index in [1.807, 2.05) is 39.0 Å². The van der Waals surface area contributed by atoms with E-state index in [4.69, 9.17) is 9.47 Å². The van der Waals surface area contributed by atoms with Crippen LogP contribution in [0.4, 0.5) is 5.69 Å². The molecule has 0 radical (unpaired) electrons. The van der Waals surface area contributed by atoms with Gasteiger partial charge in [0.05, 0.1) is 23.7 Å². The lowest BCUT2D eigenvalue weighted by molar-refractivity contribution is -0.764. The molecule has 3 aromatic rings. The number of esters is 1. The second-order valence-corrected chi connectivity index (χ2v) is 9.24. The molecule has 0 aliphatic carbocycles. The lowest BCUT2D eigenvalue weighted by atomic mass is 10.0. The highest BCUT2D eigenvalue weighted by Gasteiger charge is 2.44. The molecule has 1 unspecified atom stereocenters. The van der Waals surface area contributed by atoms with Crippen LogP contribution in [0.1, 0.15) is 58.2 Å². The Kier molecular flexibility index (Phi) is 8.27. The van der Waals surface area contributed by atoms with Crippen LogP contribution in [0.25, 0.3) is 11.3 Å². The molecule has 194 valence electrons. The summed E-state index contributed by atoms with van der Waals surface area (Å²) in [5.41, 5.74) is 2.15. The van der Waals surface area contributed by atoms with Crippen molar-refractivity contribution in [1.29, 1.82) is 0 Å². The van der Waals surface area contributed by atoms with Crippen molar-refractivity contribution in [2.45, 2.75) is 57.8 Å². The van der Waals surface area contributed by atoms with E-state index in [0.717, 1.165) is 0 Å². The Morgan fingerprint density at radius 1 is 1.08 bits per heavy atom. The fourth-order valence-electron chi connectivity index (χ4n) is 4.34. The molecule has 0 spiro atoms. The number of aromatic nitrogens is 3. The molecule has 0 fully saturated rings. The molecule has 37 heavy (non-hydrogen) atoms. The number of hydrogen-bond donors (Lipinski definition) is 0. The first-order chi connectivity index (χ1) is 17.9. The van der Waals surface area contributed by atoms with Crippen molar-refractivity contribution < 1.29 is 28.9 Å². The van der Waals surface area contributed by atoms with Crippen LogP contribution in [0.15, 0.2) is 47.6 Å². The zero-order chi connectivity index (χ0) is 26.5. The van der Waals surface area contributed by atoms with Gasteiger partial charge in [-0.2, -0.15) is 0 Å². The van der Waals surface area contributed by atoms with Crippen LogP contribution in [0.5, 0.6) is 17.4 Å². The lowest BCUT2D eigenvalue weighted by Gasteiger charge is -2.33. The molecule has 2 aromatic carbocycles. The zero-order valence-corrected chi connectivity index (χ0v) is 22.2. The normalized spacial score (nSPS) is 14.1. The Balaban J connectivity index is 1.95. The molecule has 2 heterocycles. The molecule has 0 N–H and O–H groups in total. The summed E-state index contributed by atoms with van der Waals surface area (Å²) in [4.78, 5) is 31.6. The number of para-hydroxylation sites is 1. The summed E-state index contributed by atoms with van der Waals surface area (Å²) in [6.07, 6.45) is 2.95. The molecule has 0 saturated carbocycles. The van der Waals surface area contributed by atoms with Gasteiger partial charge in [-0.25, -0.2) is 9.88 Å². The number of rotatable bonds is 9. The van der Waals surface area contributed by atoms with Gasteiger partial charge >= 0.3 is 5.97 Å². The average molecular weight is 523 g/mol. The third-order valence-corrected chi connectivity index (χ3v) is 6.41. The van der Waals surface area contributed by atoms with Gasteiger partial charge < -0.3 is 14.6 Å². The number of thioether (sulfide) groups is 1. The topological polar surface area (TPSA) is 109 Å². The third-order valence-electron chi connectivity index (χ3n) is 5.88. The van der Waals surface area contributed by atoms with Crippen molar-refractivity contribution in [3.63, 3.8) is 0 Å². The number of carbonyl (C=O) groups excluding carboxylic acids is 2. The van der Waals surface area contributed by atoms with Crippen molar-refractivity contribution in [2.24, 2.45) is 0 Å². The SMILES string of the molecule is CCCC(=O)Oc1ccc(C2N(C(=O)CCC)c3ccccc3-c3c([O-])nc(SC)n[n+]32)cc1OCC. The van der Waals surface area contributed by atoms with Crippen LogP contribution in [0.2, 0.25) is 0 Å². The summed E-state index contributed by atoms with van der Waals surface area (Å²) in [6.45, 7) is 6.03. The number of fused-ring (bicyclic) bond motifs is 3. The predicted octanol–water partition coefficient (Wildman–Crippen LogP) is 4.02. The van der Waals surface area contributed by atoms with Crippen LogP contribution in [-0.2, 0) is 9.59 Å². The summed E-state index contributed by atoms with van der Waals surface area (Å²) in [7, 11) is 0. The average Bonchev–Trinajstić information content (AvgIpc) is 2.89. The molecule has 10 heteroatoms. The molecule has 4 rings (SSSR count). The van der Waals surface area contributed by atoms with E-state index in [9.17, 15) is 14.7 Å². The van der Waals surface area contributed by atoms with Gasteiger partial charge in [0, 0.05) is 23.5 Å². The first-order valence-electron chi connectivity index (χ1n) is 12.4. The molecule has 1 amide bonds. The van der Waals surface area contributed by atoms with Crippen LogP contribution >= 0.6 is 11.8 Å². The maximum Gasteiger partial charge on any atom is 0.311 e. The number of amides is 1. The lowest BCUT2D eigenvalue weighted by Crippen LogP contribution is -2.59. The van der Waals surface area contributed by atoms with Crippen LogP contribution < -0.4 is 24.2 Å². The molecule has 0 saturated heterocycles. The highest BCUT2D eigenvalue weighted by molar-refractivity contribution is 7.98. The van der Waals surface area contributed by atoms with Crippen LogP contribution in [0, 0.1) is 0 Å². The van der Waals surface area contributed by atoms with E-state index in [-0.39, 0.29) is 18.3 Å². The van der Waals surface area contributed by atoms with Gasteiger partial charge in [-0.1, -0.05) is 42.4 Å². The molecule has 1 aliphatic heterocycles. The van der Waals surface area contributed by atoms with E-state index in [1.165, 1.54) is 11.8 Å². The van der Waals surface area contributed by atoms with Crippen molar-refractivity contribution in [3.8, 4) is 28.6 Å². The van der Waals surface area contributed by atoms with Crippen molar-refractivity contribution >= 4 is 29.3 Å². The van der Waals surface area contributed by atoms with Crippen LogP contribution in [-0.4, -0.2) is 34.8 Å². The minimum absolute atomic E-state index is 0.105. The number of ether oxygens (including phenoxy) is 2. The molecule has 1 atom stereocenters. The Morgan fingerprint density at radius 3 is 2.54 bits per heavy atom. The third kappa shape index (κ3) is 5.24. The molecular formula is C27H30N4O5S.